The first kappa shape index (κ1) is 24.4. The van der Waals surface area contributed by atoms with Crippen molar-refractivity contribution in [3.8, 4) is 0 Å². The van der Waals surface area contributed by atoms with Crippen LogP contribution in [0.25, 0.3) is 0 Å². The molecule has 0 fully saturated rings. The molecule has 0 bridgehead atoms. The third-order valence-corrected chi connectivity index (χ3v) is 5.30. The van der Waals surface area contributed by atoms with Gasteiger partial charge in [-0.25, -0.2) is 9.59 Å². The molecule has 2 amide bonds. The monoisotopic (exact) mass is 490 g/mol. The van der Waals surface area contributed by atoms with Crippen LogP contribution in [-0.4, -0.2) is 35.2 Å². The molecule has 2 atom stereocenters. The fourth-order valence-corrected chi connectivity index (χ4v) is 3.41. The number of alkyl carbamates (subject to hydrolysis) is 1. The van der Waals surface area contributed by atoms with E-state index in [9.17, 15) is 19.5 Å². The van der Waals surface area contributed by atoms with E-state index in [0.29, 0.717) is 6.42 Å². The summed E-state index contributed by atoms with van der Waals surface area (Å²) in [5, 5.41) is 14.7. The summed E-state index contributed by atoms with van der Waals surface area (Å²) in [5.74, 6) is -1.62. The van der Waals surface area contributed by atoms with Crippen molar-refractivity contribution in [2.75, 3.05) is 0 Å². The zero-order valence-corrected chi connectivity index (χ0v) is 19.1. The Bertz CT molecular complexity index is 889. The molecule has 0 aliphatic rings. The standard InChI is InChI=1S/C23H27BrN2O5/c1-15(2)12-19(26-23(30)31-14-16-8-4-3-5-9-16)21(27)25-20(22(28)29)13-17-10-6-7-11-18(17)24/h3-11,15,19-20H,12-14H2,1-2H3,(H,25,27)(H,26,30)(H,28,29)/t19-,20-/m0/s1. The minimum absolute atomic E-state index is 0.0719. The van der Waals surface area contributed by atoms with E-state index in [2.05, 4.69) is 26.6 Å². The topological polar surface area (TPSA) is 105 Å². The fraction of sp³-hybridized carbons (Fsp3) is 0.348. The highest BCUT2D eigenvalue weighted by atomic mass is 79.9. The Morgan fingerprint density at radius 3 is 2.23 bits per heavy atom. The van der Waals surface area contributed by atoms with Gasteiger partial charge in [0.2, 0.25) is 5.91 Å². The maximum atomic E-state index is 12.8. The molecule has 7 nitrogen and oxygen atoms in total. The van der Waals surface area contributed by atoms with E-state index in [4.69, 9.17) is 4.74 Å². The van der Waals surface area contributed by atoms with Gasteiger partial charge in [0.15, 0.2) is 0 Å². The van der Waals surface area contributed by atoms with Crippen molar-refractivity contribution in [2.45, 2.75) is 45.4 Å². The molecule has 2 aromatic rings. The molecule has 2 rings (SSSR count). The lowest BCUT2D eigenvalue weighted by atomic mass is 10.0. The van der Waals surface area contributed by atoms with Crippen LogP contribution in [0, 0.1) is 5.92 Å². The van der Waals surface area contributed by atoms with Crippen LogP contribution in [0.1, 0.15) is 31.4 Å². The van der Waals surface area contributed by atoms with E-state index in [-0.39, 0.29) is 18.9 Å². The Balaban J connectivity index is 2.01. The van der Waals surface area contributed by atoms with E-state index in [1.54, 1.807) is 12.1 Å². The van der Waals surface area contributed by atoms with Crippen LogP contribution in [0.2, 0.25) is 0 Å². The second-order valence-corrected chi connectivity index (χ2v) is 8.44. The van der Waals surface area contributed by atoms with Gasteiger partial charge >= 0.3 is 12.1 Å². The Hall–Kier alpha value is -2.87. The summed E-state index contributed by atoms with van der Waals surface area (Å²) in [7, 11) is 0. The highest BCUT2D eigenvalue weighted by molar-refractivity contribution is 9.10. The van der Waals surface area contributed by atoms with Crippen molar-refractivity contribution in [3.63, 3.8) is 0 Å². The van der Waals surface area contributed by atoms with Crippen LogP contribution in [-0.2, 0) is 27.4 Å². The number of hydrogen-bond acceptors (Lipinski definition) is 4. The Kier molecular flexibility index (Phi) is 9.52. The second-order valence-electron chi connectivity index (χ2n) is 7.58. The van der Waals surface area contributed by atoms with E-state index in [1.807, 2.05) is 56.3 Å². The van der Waals surface area contributed by atoms with Gasteiger partial charge in [0.1, 0.15) is 18.7 Å². The summed E-state index contributed by atoms with van der Waals surface area (Å²) >= 11 is 3.39. The molecule has 0 aromatic heterocycles. The lowest BCUT2D eigenvalue weighted by molar-refractivity contribution is -0.142. The molecule has 0 heterocycles. The highest BCUT2D eigenvalue weighted by Crippen LogP contribution is 2.18. The Morgan fingerprint density at radius 2 is 1.61 bits per heavy atom. The molecule has 0 unspecified atom stereocenters. The van der Waals surface area contributed by atoms with E-state index >= 15 is 0 Å². The first-order valence-corrected chi connectivity index (χ1v) is 10.8. The van der Waals surface area contributed by atoms with Gasteiger partial charge < -0.3 is 20.5 Å². The van der Waals surface area contributed by atoms with Crippen molar-refractivity contribution in [3.05, 3.63) is 70.2 Å². The van der Waals surface area contributed by atoms with Crippen LogP contribution in [0.15, 0.2) is 59.1 Å². The van der Waals surface area contributed by atoms with Gasteiger partial charge in [-0.1, -0.05) is 78.3 Å². The third kappa shape index (κ3) is 8.41. The lowest BCUT2D eigenvalue weighted by Crippen LogP contribution is -2.52. The lowest BCUT2D eigenvalue weighted by Gasteiger charge is -2.23. The number of carboxylic acid groups (broad SMARTS) is 1. The van der Waals surface area contributed by atoms with Crippen molar-refractivity contribution in [1.29, 1.82) is 0 Å². The van der Waals surface area contributed by atoms with Gasteiger partial charge in [-0.15, -0.1) is 0 Å². The number of ether oxygens (including phenoxy) is 1. The van der Waals surface area contributed by atoms with Gasteiger partial charge in [-0.3, -0.25) is 4.79 Å². The quantitative estimate of drug-likeness (QED) is 0.468. The Morgan fingerprint density at radius 1 is 0.968 bits per heavy atom. The Labute approximate surface area is 190 Å². The second kappa shape index (κ2) is 12.1. The van der Waals surface area contributed by atoms with Gasteiger partial charge in [-0.05, 0) is 29.5 Å². The van der Waals surface area contributed by atoms with Crippen LogP contribution in [0.3, 0.4) is 0 Å². The third-order valence-electron chi connectivity index (χ3n) is 4.52. The van der Waals surface area contributed by atoms with Crippen LogP contribution in [0.4, 0.5) is 4.79 Å². The van der Waals surface area contributed by atoms with Crippen LogP contribution >= 0.6 is 15.9 Å². The molecule has 0 aliphatic heterocycles. The average Bonchev–Trinajstić information content (AvgIpc) is 2.73. The summed E-state index contributed by atoms with van der Waals surface area (Å²) in [6, 6.07) is 14.4. The molecule has 8 heteroatoms. The van der Waals surface area contributed by atoms with E-state index < -0.39 is 30.1 Å². The molecule has 31 heavy (non-hydrogen) atoms. The number of rotatable bonds is 10. The smallest absolute Gasteiger partial charge is 0.408 e. The number of halogens is 1. The molecule has 0 radical (unpaired) electrons. The normalized spacial score (nSPS) is 12.6. The predicted octanol–water partition coefficient (Wildman–Crippen LogP) is 3.90. The van der Waals surface area contributed by atoms with Gasteiger partial charge in [0.05, 0.1) is 0 Å². The maximum absolute atomic E-state index is 12.8. The first-order chi connectivity index (χ1) is 14.8. The van der Waals surface area contributed by atoms with E-state index in [0.717, 1.165) is 15.6 Å². The number of hydrogen-bond donors (Lipinski definition) is 3. The highest BCUT2D eigenvalue weighted by Gasteiger charge is 2.28. The summed E-state index contributed by atoms with van der Waals surface area (Å²) < 4.78 is 5.96. The zero-order chi connectivity index (χ0) is 22.8. The number of aliphatic carboxylic acids is 1. The largest absolute Gasteiger partial charge is 0.480 e. The number of benzene rings is 2. The van der Waals surface area contributed by atoms with Crippen molar-refractivity contribution in [2.24, 2.45) is 5.92 Å². The molecular weight excluding hydrogens is 464 g/mol. The predicted molar refractivity (Wildman–Crippen MR) is 120 cm³/mol. The van der Waals surface area contributed by atoms with Crippen molar-refractivity contribution >= 4 is 33.9 Å². The molecule has 0 aliphatic carbocycles. The SMILES string of the molecule is CC(C)C[C@H](NC(=O)OCc1ccccc1)C(=O)N[C@@H](Cc1ccccc1Br)C(=O)O. The number of nitrogens with one attached hydrogen (secondary N) is 2. The number of amides is 2. The average molecular weight is 491 g/mol. The van der Waals surface area contributed by atoms with Crippen molar-refractivity contribution in [1.82, 2.24) is 10.6 Å². The zero-order valence-electron chi connectivity index (χ0n) is 17.5. The van der Waals surface area contributed by atoms with E-state index in [1.165, 1.54) is 0 Å². The van der Waals surface area contributed by atoms with Gasteiger partial charge in [0, 0.05) is 10.9 Å². The molecule has 166 valence electrons. The van der Waals surface area contributed by atoms with Crippen molar-refractivity contribution < 1.29 is 24.2 Å². The molecule has 2 aromatic carbocycles. The summed E-state index contributed by atoms with van der Waals surface area (Å²) in [5.41, 5.74) is 1.58. The first-order valence-electron chi connectivity index (χ1n) is 10.00. The maximum Gasteiger partial charge on any atom is 0.408 e. The van der Waals surface area contributed by atoms with Crippen LogP contribution < -0.4 is 10.6 Å². The summed E-state index contributed by atoms with van der Waals surface area (Å²) in [6.45, 7) is 3.89. The molecule has 0 saturated heterocycles. The summed E-state index contributed by atoms with van der Waals surface area (Å²) in [4.78, 5) is 36.8. The number of carbonyl (C=O) groups excluding carboxylic acids is 2. The molecule has 0 saturated carbocycles. The van der Waals surface area contributed by atoms with Gasteiger partial charge in [-0.2, -0.15) is 0 Å². The summed E-state index contributed by atoms with van der Waals surface area (Å²) in [6.07, 6.45) is -0.287. The molecule has 0 spiro atoms. The van der Waals surface area contributed by atoms with Crippen LogP contribution in [0.5, 0.6) is 0 Å². The molecular formula is C23H27BrN2O5. The molecule has 3 N–H and O–H groups in total. The number of carbonyl (C=O) groups is 3. The number of carboxylic acids is 1. The fourth-order valence-electron chi connectivity index (χ4n) is 2.97. The van der Waals surface area contributed by atoms with Gasteiger partial charge in [0.25, 0.3) is 0 Å². The minimum Gasteiger partial charge on any atom is -0.480 e. The minimum atomic E-state index is -1.15.